The Labute approximate surface area is 85.5 Å². The molecule has 1 aliphatic carbocycles. The summed E-state index contributed by atoms with van der Waals surface area (Å²) in [6.07, 6.45) is 5.31. The molecule has 3 nitrogen and oxygen atoms in total. The zero-order chi connectivity index (χ0) is 9.97. The highest BCUT2D eigenvalue weighted by Gasteiger charge is 2.31. The Balaban J connectivity index is 1.61. The average Bonchev–Trinajstić information content (AvgIpc) is 2.70. The quantitative estimate of drug-likeness (QED) is 0.717. The molecule has 14 heavy (non-hydrogen) atoms. The summed E-state index contributed by atoms with van der Waals surface area (Å²) in [5, 5.41) is 3.49. The largest absolute Gasteiger partial charge is 0.334 e. The Bertz CT molecular complexity index is 292. The summed E-state index contributed by atoms with van der Waals surface area (Å²) in [7, 11) is 0. The van der Waals surface area contributed by atoms with Crippen molar-refractivity contribution < 1.29 is 0 Å². The summed E-state index contributed by atoms with van der Waals surface area (Å²) in [4.78, 5) is 4.19. The number of hydrogen-bond donors (Lipinski definition) is 1. The van der Waals surface area contributed by atoms with Crippen molar-refractivity contribution in [3.63, 3.8) is 0 Å². The molecule has 78 valence electrons. The zero-order valence-electron chi connectivity index (χ0n) is 9.03. The van der Waals surface area contributed by atoms with Gasteiger partial charge >= 0.3 is 0 Å². The topological polar surface area (TPSA) is 29.9 Å². The van der Waals surface area contributed by atoms with Gasteiger partial charge in [0.1, 0.15) is 5.82 Å². The fraction of sp³-hybridized carbons (Fsp3) is 0.727. The van der Waals surface area contributed by atoms with Gasteiger partial charge in [-0.3, -0.25) is 0 Å². The molecule has 0 aromatic carbocycles. The van der Waals surface area contributed by atoms with Gasteiger partial charge in [0.2, 0.25) is 0 Å². The van der Waals surface area contributed by atoms with Gasteiger partial charge < -0.3 is 9.88 Å². The number of imidazole rings is 1. The van der Waals surface area contributed by atoms with Crippen LogP contribution in [-0.4, -0.2) is 22.6 Å². The summed E-state index contributed by atoms with van der Waals surface area (Å²) >= 11 is 0. The maximum atomic E-state index is 4.19. The van der Waals surface area contributed by atoms with Gasteiger partial charge in [0.25, 0.3) is 0 Å². The van der Waals surface area contributed by atoms with Crippen molar-refractivity contribution in [2.75, 3.05) is 13.1 Å². The molecule has 0 spiro atoms. The fourth-order valence-corrected chi connectivity index (χ4v) is 1.81. The monoisotopic (exact) mass is 193 g/mol. The predicted molar refractivity (Wildman–Crippen MR) is 57.1 cm³/mol. The van der Waals surface area contributed by atoms with Gasteiger partial charge in [-0.05, 0) is 31.7 Å². The second-order valence-corrected chi connectivity index (χ2v) is 4.35. The van der Waals surface area contributed by atoms with E-state index >= 15 is 0 Å². The first kappa shape index (κ1) is 9.71. The minimum Gasteiger partial charge on any atom is -0.334 e. The van der Waals surface area contributed by atoms with Crippen LogP contribution >= 0.6 is 0 Å². The standard InChI is InChI=1S/C11H19N3/c1-9-7-11(9)8-12-3-5-14-6-4-13-10(14)2/h4,6,9,11-12H,3,5,7-8H2,1-2H3. The summed E-state index contributed by atoms with van der Waals surface area (Å²) in [6.45, 7) is 7.65. The van der Waals surface area contributed by atoms with Crippen LogP contribution in [0, 0.1) is 18.8 Å². The van der Waals surface area contributed by atoms with Crippen molar-refractivity contribution in [3.8, 4) is 0 Å². The summed E-state index contributed by atoms with van der Waals surface area (Å²) in [6, 6.07) is 0. The van der Waals surface area contributed by atoms with E-state index in [1.165, 1.54) is 13.0 Å². The molecule has 1 N–H and O–H groups in total. The number of hydrogen-bond acceptors (Lipinski definition) is 2. The van der Waals surface area contributed by atoms with E-state index < -0.39 is 0 Å². The van der Waals surface area contributed by atoms with E-state index in [0.29, 0.717) is 0 Å². The lowest BCUT2D eigenvalue weighted by Crippen LogP contribution is -2.22. The number of nitrogens with zero attached hydrogens (tertiary/aromatic N) is 2. The van der Waals surface area contributed by atoms with Crippen molar-refractivity contribution in [2.45, 2.75) is 26.8 Å². The first-order valence-electron chi connectivity index (χ1n) is 5.46. The lowest BCUT2D eigenvalue weighted by atomic mass is 10.3. The Morgan fingerprint density at radius 2 is 2.43 bits per heavy atom. The summed E-state index contributed by atoms with van der Waals surface area (Å²) < 4.78 is 2.18. The summed E-state index contributed by atoms with van der Waals surface area (Å²) in [5.41, 5.74) is 0. The number of nitrogens with one attached hydrogen (secondary N) is 1. The minimum atomic E-state index is 0.943. The molecular formula is C11H19N3. The van der Waals surface area contributed by atoms with Crippen molar-refractivity contribution in [1.82, 2.24) is 14.9 Å². The molecule has 0 amide bonds. The highest BCUT2D eigenvalue weighted by Crippen LogP contribution is 2.36. The molecule has 2 rings (SSSR count). The van der Waals surface area contributed by atoms with Crippen LogP contribution in [-0.2, 0) is 6.54 Å². The number of rotatable bonds is 5. The van der Waals surface area contributed by atoms with Gasteiger partial charge in [-0.2, -0.15) is 0 Å². The van der Waals surface area contributed by atoms with Gasteiger partial charge in [-0.1, -0.05) is 6.92 Å². The third-order valence-electron chi connectivity index (χ3n) is 3.14. The molecular weight excluding hydrogens is 174 g/mol. The van der Waals surface area contributed by atoms with Crippen LogP contribution in [0.4, 0.5) is 0 Å². The Morgan fingerprint density at radius 1 is 1.64 bits per heavy atom. The Kier molecular flexibility index (Phi) is 2.87. The molecule has 1 aromatic rings. The van der Waals surface area contributed by atoms with Gasteiger partial charge in [0, 0.05) is 25.5 Å². The smallest absolute Gasteiger partial charge is 0.105 e. The van der Waals surface area contributed by atoms with E-state index in [1.807, 2.05) is 19.3 Å². The predicted octanol–water partition coefficient (Wildman–Crippen LogP) is 1.44. The van der Waals surface area contributed by atoms with Crippen LogP contribution < -0.4 is 5.32 Å². The Morgan fingerprint density at radius 3 is 3.00 bits per heavy atom. The molecule has 3 heteroatoms. The van der Waals surface area contributed by atoms with Gasteiger partial charge in [0.15, 0.2) is 0 Å². The highest BCUT2D eigenvalue weighted by molar-refractivity contribution is 4.88. The third-order valence-corrected chi connectivity index (χ3v) is 3.14. The van der Waals surface area contributed by atoms with E-state index in [9.17, 15) is 0 Å². The van der Waals surface area contributed by atoms with E-state index in [1.54, 1.807) is 0 Å². The lowest BCUT2D eigenvalue weighted by molar-refractivity contribution is 0.557. The molecule has 1 aromatic heterocycles. The van der Waals surface area contributed by atoms with Crippen LogP contribution in [0.2, 0.25) is 0 Å². The normalized spacial score (nSPS) is 25.3. The SMILES string of the molecule is Cc1nccn1CCNCC1CC1C. The molecule has 0 saturated heterocycles. The summed E-state index contributed by atoms with van der Waals surface area (Å²) in [5.74, 6) is 3.00. The van der Waals surface area contributed by atoms with Crippen LogP contribution in [0.1, 0.15) is 19.2 Å². The van der Waals surface area contributed by atoms with Gasteiger partial charge in [-0.15, -0.1) is 0 Å². The highest BCUT2D eigenvalue weighted by atomic mass is 15.1. The first-order valence-corrected chi connectivity index (χ1v) is 5.46. The molecule has 1 aliphatic rings. The molecule has 1 heterocycles. The van der Waals surface area contributed by atoms with Crippen LogP contribution in [0.25, 0.3) is 0 Å². The molecule has 1 saturated carbocycles. The van der Waals surface area contributed by atoms with Gasteiger partial charge in [-0.25, -0.2) is 4.98 Å². The van der Waals surface area contributed by atoms with Crippen molar-refractivity contribution in [3.05, 3.63) is 18.2 Å². The van der Waals surface area contributed by atoms with Gasteiger partial charge in [0.05, 0.1) is 0 Å². The van der Waals surface area contributed by atoms with E-state index in [4.69, 9.17) is 0 Å². The minimum absolute atomic E-state index is 0.943. The molecule has 2 unspecified atom stereocenters. The maximum absolute atomic E-state index is 4.19. The lowest BCUT2D eigenvalue weighted by Gasteiger charge is -2.06. The maximum Gasteiger partial charge on any atom is 0.105 e. The Hall–Kier alpha value is -0.830. The van der Waals surface area contributed by atoms with Crippen LogP contribution in [0.3, 0.4) is 0 Å². The second kappa shape index (κ2) is 4.13. The van der Waals surface area contributed by atoms with Crippen molar-refractivity contribution >= 4 is 0 Å². The average molecular weight is 193 g/mol. The fourth-order valence-electron chi connectivity index (χ4n) is 1.81. The first-order chi connectivity index (χ1) is 6.77. The molecule has 0 bridgehead atoms. The van der Waals surface area contributed by atoms with Crippen LogP contribution in [0.5, 0.6) is 0 Å². The second-order valence-electron chi connectivity index (χ2n) is 4.35. The molecule has 0 radical (unpaired) electrons. The molecule has 0 aliphatic heterocycles. The zero-order valence-corrected chi connectivity index (χ0v) is 9.03. The molecule has 1 fully saturated rings. The van der Waals surface area contributed by atoms with E-state index in [2.05, 4.69) is 21.8 Å². The van der Waals surface area contributed by atoms with Crippen molar-refractivity contribution in [2.24, 2.45) is 11.8 Å². The number of aryl methyl sites for hydroxylation is 1. The third kappa shape index (κ3) is 2.35. The van der Waals surface area contributed by atoms with E-state index in [0.717, 1.165) is 30.7 Å². The van der Waals surface area contributed by atoms with Crippen molar-refractivity contribution in [1.29, 1.82) is 0 Å². The van der Waals surface area contributed by atoms with Crippen LogP contribution in [0.15, 0.2) is 12.4 Å². The van der Waals surface area contributed by atoms with E-state index in [-0.39, 0.29) is 0 Å². The number of aromatic nitrogens is 2. The molecule has 2 atom stereocenters.